The molecule has 0 atom stereocenters. The molecule has 0 bridgehead atoms. The largest absolute Gasteiger partial charge is 0.480 e. The number of carboxylic acids is 1. The van der Waals surface area contributed by atoms with Crippen molar-refractivity contribution in [2.45, 2.75) is 56.9 Å². The molecule has 0 unspecified atom stereocenters. The van der Waals surface area contributed by atoms with Gasteiger partial charge in [0.15, 0.2) is 0 Å². The second kappa shape index (κ2) is 4.44. The molecule has 16 heavy (non-hydrogen) atoms. The molecular weight excluding hydrogens is 206 g/mol. The van der Waals surface area contributed by atoms with Gasteiger partial charge in [-0.05, 0) is 25.7 Å². The van der Waals surface area contributed by atoms with E-state index in [2.05, 4.69) is 5.32 Å². The molecule has 0 radical (unpaired) electrons. The van der Waals surface area contributed by atoms with E-state index in [1.165, 1.54) is 0 Å². The summed E-state index contributed by atoms with van der Waals surface area (Å²) in [5.41, 5.74) is -0.976. The maximum atomic E-state index is 11.7. The Morgan fingerprint density at radius 2 is 1.62 bits per heavy atom. The highest BCUT2D eigenvalue weighted by molar-refractivity contribution is 5.89. The maximum Gasteiger partial charge on any atom is 0.329 e. The molecule has 2 rings (SSSR count). The number of carboxylic acid groups (broad SMARTS) is 1. The van der Waals surface area contributed by atoms with Gasteiger partial charge in [0.05, 0.1) is 0 Å². The maximum absolute atomic E-state index is 11.7. The van der Waals surface area contributed by atoms with Gasteiger partial charge in [0.1, 0.15) is 5.54 Å². The highest BCUT2D eigenvalue weighted by atomic mass is 16.4. The summed E-state index contributed by atoms with van der Waals surface area (Å²) < 4.78 is 0. The van der Waals surface area contributed by atoms with E-state index >= 15 is 0 Å². The molecule has 2 fully saturated rings. The second-order valence-corrected chi connectivity index (χ2v) is 5.06. The zero-order chi connectivity index (χ0) is 11.6. The quantitative estimate of drug-likeness (QED) is 0.718. The van der Waals surface area contributed by atoms with Gasteiger partial charge in [-0.1, -0.05) is 25.7 Å². The first-order valence-electron chi connectivity index (χ1n) is 6.19. The van der Waals surface area contributed by atoms with Gasteiger partial charge in [0.2, 0.25) is 5.91 Å². The number of carbonyl (C=O) groups excluding carboxylic acids is 1. The summed E-state index contributed by atoms with van der Waals surface area (Å²) in [5, 5.41) is 12.1. The van der Waals surface area contributed by atoms with E-state index in [4.69, 9.17) is 0 Å². The molecule has 2 N–H and O–H groups in total. The minimum Gasteiger partial charge on any atom is -0.480 e. The highest BCUT2D eigenvalue weighted by Crippen LogP contribution is 2.32. The molecule has 0 aromatic rings. The van der Waals surface area contributed by atoms with Crippen LogP contribution in [0.15, 0.2) is 0 Å². The van der Waals surface area contributed by atoms with Crippen LogP contribution in [0.4, 0.5) is 0 Å². The van der Waals surface area contributed by atoms with Crippen molar-refractivity contribution in [3.8, 4) is 0 Å². The molecular formula is C12H19NO3. The smallest absolute Gasteiger partial charge is 0.329 e. The third-order valence-electron chi connectivity index (χ3n) is 3.68. The Morgan fingerprint density at radius 3 is 2.06 bits per heavy atom. The van der Waals surface area contributed by atoms with Crippen LogP contribution in [0.5, 0.6) is 0 Å². The van der Waals surface area contributed by atoms with E-state index in [1.54, 1.807) is 0 Å². The molecule has 0 aliphatic heterocycles. The second-order valence-electron chi connectivity index (χ2n) is 5.06. The fourth-order valence-electron chi connectivity index (χ4n) is 2.41. The van der Waals surface area contributed by atoms with Gasteiger partial charge in [-0.2, -0.15) is 0 Å². The van der Waals surface area contributed by atoms with Crippen LogP contribution in [0, 0.1) is 5.92 Å². The number of hydrogen-bond acceptors (Lipinski definition) is 2. The minimum atomic E-state index is -0.976. The van der Waals surface area contributed by atoms with E-state index in [0.717, 1.165) is 38.5 Å². The number of rotatable bonds is 3. The van der Waals surface area contributed by atoms with Crippen LogP contribution in [0.1, 0.15) is 51.4 Å². The number of hydrogen-bond donors (Lipinski definition) is 2. The van der Waals surface area contributed by atoms with Crippen molar-refractivity contribution in [1.82, 2.24) is 5.32 Å². The van der Waals surface area contributed by atoms with E-state index in [9.17, 15) is 14.7 Å². The number of amides is 1. The van der Waals surface area contributed by atoms with Crippen LogP contribution in [0.25, 0.3) is 0 Å². The monoisotopic (exact) mass is 225 g/mol. The zero-order valence-corrected chi connectivity index (χ0v) is 9.50. The Balaban J connectivity index is 2.06. The molecule has 4 heteroatoms. The van der Waals surface area contributed by atoms with Crippen molar-refractivity contribution in [3.63, 3.8) is 0 Å². The molecule has 2 aliphatic rings. The van der Waals surface area contributed by atoms with Gasteiger partial charge in [-0.25, -0.2) is 4.79 Å². The van der Waals surface area contributed by atoms with E-state index < -0.39 is 11.5 Å². The van der Waals surface area contributed by atoms with Crippen molar-refractivity contribution >= 4 is 11.9 Å². The van der Waals surface area contributed by atoms with Crippen molar-refractivity contribution in [2.75, 3.05) is 0 Å². The van der Waals surface area contributed by atoms with E-state index in [-0.39, 0.29) is 11.8 Å². The molecule has 0 aromatic heterocycles. The van der Waals surface area contributed by atoms with Gasteiger partial charge in [-0.15, -0.1) is 0 Å². The summed E-state index contributed by atoms with van der Waals surface area (Å²) in [7, 11) is 0. The predicted octanol–water partition coefficient (Wildman–Crippen LogP) is 1.69. The molecule has 2 saturated carbocycles. The van der Waals surface area contributed by atoms with Crippen molar-refractivity contribution < 1.29 is 14.7 Å². The van der Waals surface area contributed by atoms with Crippen LogP contribution < -0.4 is 5.32 Å². The third-order valence-corrected chi connectivity index (χ3v) is 3.68. The summed E-state index contributed by atoms with van der Waals surface area (Å²) in [5.74, 6) is -0.827. The van der Waals surface area contributed by atoms with Crippen LogP contribution >= 0.6 is 0 Å². The average molecular weight is 225 g/mol. The first-order valence-corrected chi connectivity index (χ1v) is 6.19. The Kier molecular flexibility index (Phi) is 3.17. The average Bonchev–Trinajstić information content (AvgIpc) is 3.05. The van der Waals surface area contributed by atoms with Crippen LogP contribution in [-0.2, 0) is 9.59 Å². The molecule has 0 spiro atoms. The summed E-state index contributed by atoms with van der Waals surface area (Å²) in [4.78, 5) is 23.1. The summed E-state index contributed by atoms with van der Waals surface area (Å²) >= 11 is 0. The lowest BCUT2D eigenvalue weighted by molar-refractivity contribution is -0.148. The number of carbonyl (C=O) groups is 2. The molecule has 4 nitrogen and oxygen atoms in total. The van der Waals surface area contributed by atoms with E-state index in [0.29, 0.717) is 12.8 Å². The van der Waals surface area contributed by atoms with Crippen LogP contribution in [0.3, 0.4) is 0 Å². The van der Waals surface area contributed by atoms with Gasteiger partial charge in [0.25, 0.3) is 0 Å². The topological polar surface area (TPSA) is 66.4 Å². The Labute approximate surface area is 95.4 Å². The fraction of sp³-hybridized carbons (Fsp3) is 0.833. The third kappa shape index (κ3) is 2.36. The van der Waals surface area contributed by atoms with Crippen molar-refractivity contribution in [1.29, 1.82) is 0 Å². The van der Waals surface area contributed by atoms with Crippen molar-refractivity contribution in [2.24, 2.45) is 5.92 Å². The predicted molar refractivity (Wildman–Crippen MR) is 58.9 cm³/mol. The lowest BCUT2D eigenvalue weighted by Gasteiger charge is -2.29. The molecule has 2 aliphatic carbocycles. The lowest BCUT2D eigenvalue weighted by Crippen LogP contribution is -2.54. The molecule has 1 amide bonds. The summed E-state index contributed by atoms with van der Waals surface area (Å²) in [6.45, 7) is 0. The highest BCUT2D eigenvalue weighted by Gasteiger charge is 2.42. The first-order chi connectivity index (χ1) is 7.64. The normalized spacial score (nSPS) is 24.5. The summed E-state index contributed by atoms with van der Waals surface area (Å²) in [6.07, 6.45) is 6.96. The Morgan fingerprint density at radius 1 is 1.06 bits per heavy atom. The van der Waals surface area contributed by atoms with E-state index in [1.807, 2.05) is 0 Å². The SMILES string of the molecule is O=C(NC1(C(=O)O)CCCCCC1)C1CC1. The van der Waals surface area contributed by atoms with Crippen LogP contribution in [-0.4, -0.2) is 22.5 Å². The fourth-order valence-corrected chi connectivity index (χ4v) is 2.41. The Bertz CT molecular complexity index is 287. The standard InChI is InChI=1S/C12H19NO3/c14-10(9-5-6-9)13-12(11(15)16)7-3-1-2-4-8-12/h9H,1-8H2,(H,13,14)(H,15,16). The van der Waals surface area contributed by atoms with Crippen molar-refractivity contribution in [3.05, 3.63) is 0 Å². The molecule has 0 saturated heterocycles. The minimum absolute atomic E-state index is 0.0516. The van der Waals surface area contributed by atoms with Gasteiger partial charge in [0, 0.05) is 5.92 Å². The van der Waals surface area contributed by atoms with Gasteiger partial charge >= 0.3 is 5.97 Å². The van der Waals surface area contributed by atoms with Crippen LogP contribution in [0.2, 0.25) is 0 Å². The summed E-state index contributed by atoms with van der Waals surface area (Å²) in [6, 6.07) is 0. The molecule has 0 aromatic carbocycles. The Hall–Kier alpha value is -1.06. The zero-order valence-electron chi connectivity index (χ0n) is 9.50. The number of nitrogens with one attached hydrogen (secondary N) is 1. The lowest BCUT2D eigenvalue weighted by atomic mass is 9.90. The molecule has 90 valence electrons. The van der Waals surface area contributed by atoms with Gasteiger partial charge in [-0.3, -0.25) is 4.79 Å². The number of aliphatic carboxylic acids is 1. The van der Waals surface area contributed by atoms with Gasteiger partial charge < -0.3 is 10.4 Å². The molecule has 0 heterocycles. The first kappa shape index (κ1) is 11.4.